The average molecular weight is 432 g/mol. The lowest BCUT2D eigenvalue weighted by molar-refractivity contribution is 0.0694. The summed E-state index contributed by atoms with van der Waals surface area (Å²) in [6.45, 7) is 3.58. The molecule has 4 rings (SSSR count). The van der Waals surface area contributed by atoms with Crippen molar-refractivity contribution in [2.75, 3.05) is 39.4 Å². The predicted molar refractivity (Wildman–Crippen MR) is 110 cm³/mol. The van der Waals surface area contributed by atoms with Gasteiger partial charge in [0.2, 0.25) is 10.0 Å². The van der Waals surface area contributed by atoms with Gasteiger partial charge in [-0.1, -0.05) is 12.1 Å². The van der Waals surface area contributed by atoms with Gasteiger partial charge >= 0.3 is 0 Å². The van der Waals surface area contributed by atoms with Crippen molar-refractivity contribution in [1.82, 2.24) is 9.21 Å². The highest BCUT2D eigenvalue weighted by atomic mass is 32.2. The summed E-state index contributed by atoms with van der Waals surface area (Å²) < 4.78 is 38.7. The molecule has 2 aromatic rings. The van der Waals surface area contributed by atoms with Gasteiger partial charge in [0.1, 0.15) is 5.75 Å². The standard InChI is InChI=1S/C21H24N2O6S/c1-15-4-2-5-17(20(15)24)21(25)22-8-10-23(11-9-22)30(26,27)16-6-7-18-19(14-16)29-13-3-12-28-18/h2,4-7,14,24H,3,8-13H2,1H3. The molecule has 2 heterocycles. The van der Waals surface area contributed by atoms with Crippen LogP contribution in [0.5, 0.6) is 17.2 Å². The van der Waals surface area contributed by atoms with Gasteiger partial charge in [0.25, 0.3) is 5.91 Å². The van der Waals surface area contributed by atoms with Crippen LogP contribution in [-0.4, -0.2) is 68.0 Å². The Kier molecular flexibility index (Phi) is 5.57. The fourth-order valence-electron chi connectivity index (χ4n) is 3.59. The number of amides is 1. The van der Waals surface area contributed by atoms with Crippen LogP contribution in [0.3, 0.4) is 0 Å². The number of sulfonamides is 1. The number of rotatable bonds is 3. The van der Waals surface area contributed by atoms with Crippen molar-refractivity contribution in [2.45, 2.75) is 18.2 Å². The molecule has 0 radical (unpaired) electrons. The third-order valence-corrected chi connectivity index (χ3v) is 7.25. The minimum absolute atomic E-state index is 0.0373. The van der Waals surface area contributed by atoms with Crippen molar-refractivity contribution in [1.29, 1.82) is 0 Å². The van der Waals surface area contributed by atoms with E-state index in [2.05, 4.69) is 0 Å². The van der Waals surface area contributed by atoms with E-state index in [0.717, 1.165) is 6.42 Å². The Labute approximate surface area is 175 Å². The number of nitrogens with zero attached hydrogens (tertiary/aromatic N) is 2. The molecule has 30 heavy (non-hydrogen) atoms. The van der Waals surface area contributed by atoms with Gasteiger partial charge in [-0.15, -0.1) is 0 Å². The van der Waals surface area contributed by atoms with Gasteiger partial charge in [0.15, 0.2) is 11.5 Å². The van der Waals surface area contributed by atoms with Crippen LogP contribution in [0.2, 0.25) is 0 Å². The molecule has 2 aliphatic rings. The topological polar surface area (TPSA) is 96.4 Å². The van der Waals surface area contributed by atoms with E-state index in [9.17, 15) is 18.3 Å². The van der Waals surface area contributed by atoms with E-state index >= 15 is 0 Å². The molecular weight excluding hydrogens is 408 g/mol. The zero-order valence-electron chi connectivity index (χ0n) is 16.7. The summed E-state index contributed by atoms with van der Waals surface area (Å²) in [5, 5.41) is 10.2. The number of phenolic OH excluding ortho intramolecular Hbond substituents is 1. The molecule has 0 unspecified atom stereocenters. The van der Waals surface area contributed by atoms with Crippen LogP contribution in [0.1, 0.15) is 22.3 Å². The van der Waals surface area contributed by atoms with E-state index in [-0.39, 0.29) is 48.3 Å². The summed E-state index contributed by atoms with van der Waals surface area (Å²) in [6.07, 6.45) is 0.739. The summed E-state index contributed by atoms with van der Waals surface area (Å²) in [5.41, 5.74) is 0.852. The van der Waals surface area contributed by atoms with E-state index in [1.807, 2.05) is 0 Å². The second-order valence-corrected chi connectivity index (χ2v) is 9.26. The highest BCUT2D eigenvalue weighted by Crippen LogP contribution is 2.33. The monoisotopic (exact) mass is 432 g/mol. The highest BCUT2D eigenvalue weighted by molar-refractivity contribution is 7.89. The molecule has 1 N–H and O–H groups in total. The van der Waals surface area contributed by atoms with Gasteiger partial charge in [0, 0.05) is 38.7 Å². The molecule has 2 aromatic carbocycles. The zero-order chi connectivity index (χ0) is 21.3. The first kappa shape index (κ1) is 20.5. The summed E-state index contributed by atoms with van der Waals surface area (Å²) in [6, 6.07) is 9.65. The van der Waals surface area contributed by atoms with Crippen LogP contribution < -0.4 is 9.47 Å². The Hall–Kier alpha value is -2.78. The molecule has 1 fully saturated rings. The van der Waals surface area contributed by atoms with Gasteiger partial charge in [-0.25, -0.2) is 8.42 Å². The number of fused-ring (bicyclic) bond motifs is 1. The lowest BCUT2D eigenvalue weighted by Gasteiger charge is -2.34. The van der Waals surface area contributed by atoms with E-state index in [0.29, 0.717) is 30.3 Å². The van der Waals surface area contributed by atoms with Crippen LogP contribution in [0.15, 0.2) is 41.3 Å². The molecule has 0 aromatic heterocycles. The molecule has 0 spiro atoms. The number of para-hydroxylation sites is 1. The molecule has 8 nitrogen and oxygen atoms in total. The second-order valence-electron chi connectivity index (χ2n) is 7.33. The van der Waals surface area contributed by atoms with Crippen LogP contribution in [0.25, 0.3) is 0 Å². The number of carbonyl (C=O) groups is 1. The largest absolute Gasteiger partial charge is 0.507 e. The number of hydrogen-bond acceptors (Lipinski definition) is 6. The van der Waals surface area contributed by atoms with Crippen LogP contribution in [-0.2, 0) is 10.0 Å². The number of piperazine rings is 1. The Morgan fingerprint density at radius 1 is 1.00 bits per heavy atom. The SMILES string of the molecule is Cc1cccc(C(=O)N2CCN(S(=O)(=O)c3ccc4c(c3)OCCCO4)CC2)c1O. The van der Waals surface area contributed by atoms with Crippen molar-refractivity contribution in [2.24, 2.45) is 0 Å². The number of aromatic hydroxyl groups is 1. The number of ether oxygens (including phenoxy) is 2. The maximum Gasteiger partial charge on any atom is 0.257 e. The smallest absolute Gasteiger partial charge is 0.257 e. The molecule has 0 saturated carbocycles. The predicted octanol–water partition coefficient (Wildman–Crippen LogP) is 2.01. The van der Waals surface area contributed by atoms with Crippen LogP contribution in [0, 0.1) is 6.92 Å². The maximum atomic E-state index is 13.1. The van der Waals surface area contributed by atoms with Crippen molar-refractivity contribution < 1.29 is 27.8 Å². The maximum absolute atomic E-state index is 13.1. The molecule has 0 atom stereocenters. The van der Waals surface area contributed by atoms with Crippen LogP contribution in [0.4, 0.5) is 0 Å². The van der Waals surface area contributed by atoms with E-state index < -0.39 is 10.0 Å². The Morgan fingerprint density at radius 2 is 1.70 bits per heavy atom. The van der Waals surface area contributed by atoms with Crippen molar-refractivity contribution in [3.8, 4) is 17.2 Å². The van der Waals surface area contributed by atoms with E-state index in [4.69, 9.17) is 9.47 Å². The Bertz CT molecular complexity index is 1060. The van der Waals surface area contributed by atoms with Gasteiger partial charge < -0.3 is 19.5 Å². The summed E-state index contributed by atoms with van der Waals surface area (Å²) in [4.78, 5) is 14.5. The molecule has 1 amide bonds. The van der Waals surface area contributed by atoms with E-state index in [1.165, 1.54) is 16.4 Å². The Morgan fingerprint density at radius 3 is 2.43 bits per heavy atom. The molecule has 0 bridgehead atoms. The van der Waals surface area contributed by atoms with Gasteiger partial charge in [-0.2, -0.15) is 4.31 Å². The summed E-state index contributed by atoms with van der Waals surface area (Å²) in [7, 11) is -3.73. The molecule has 9 heteroatoms. The summed E-state index contributed by atoms with van der Waals surface area (Å²) in [5.74, 6) is 0.630. The normalized spacial score (nSPS) is 17.4. The Balaban J connectivity index is 1.47. The fraction of sp³-hybridized carbons (Fsp3) is 0.381. The zero-order valence-corrected chi connectivity index (χ0v) is 17.5. The molecule has 1 saturated heterocycles. The first-order chi connectivity index (χ1) is 14.4. The fourth-order valence-corrected chi connectivity index (χ4v) is 5.02. The lowest BCUT2D eigenvalue weighted by Crippen LogP contribution is -2.50. The van der Waals surface area contributed by atoms with Gasteiger partial charge in [-0.3, -0.25) is 4.79 Å². The third-order valence-electron chi connectivity index (χ3n) is 5.35. The average Bonchev–Trinajstić information content (AvgIpc) is 3.00. The number of hydrogen-bond donors (Lipinski definition) is 1. The first-order valence-electron chi connectivity index (χ1n) is 9.85. The lowest BCUT2D eigenvalue weighted by atomic mass is 10.1. The van der Waals surface area contributed by atoms with Crippen LogP contribution >= 0.6 is 0 Å². The highest BCUT2D eigenvalue weighted by Gasteiger charge is 2.32. The summed E-state index contributed by atoms with van der Waals surface area (Å²) >= 11 is 0. The minimum atomic E-state index is -3.73. The number of phenols is 1. The quantitative estimate of drug-likeness (QED) is 0.797. The van der Waals surface area contributed by atoms with E-state index in [1.54, 1.807) is 36.1 Å². The number of benzene rings is 2. The third kappa shape index (κ3) is 3.82. The number of aryl methyl sites for hydroxylation is 1. The van der Waals surface area contributed by atoms with Gasteiger partial charge in [0.05, 0.1) is 23.7 Å². The minimum Gasteiger partial charge on any atom is -0.507 e. The molecular formula is C21H24N2O6S. The van der Waals surface area contributed by atoms with Gasteiger partial charge in [-0.05, 0) is 30.7 Å². The van der Waals surface area contributed by atoms with Crippen molar-refractivity contribution in [3.05, 3.63) is 47.5 Å². The molecule has 160 valence electrons. The first-order valence-corrected chi connectivity index (χ1v) is 11.3. The second kappa shape index (κ2) is 8.16. The number of carbonyl (C=O) groups excluding carboxylic acids is 1. The molecule has 2 aliphatic heterocycles. The van der Waals surface area contributed by atoms with Crippen molar-refractivity contribution in [3.63, 3.8) is 0 Å². The molecule has 0 aliphatic carbocycles. The van der Waals surface area contributed by atoms with Crippen molar-refractivity contribution >= 4 is 15.9 Å².